The minimum atomic E-state index is -0.230. The van der Waals surface area contributed by atoms with Gasteiger partial charge in [0.05, 0.1) is 17.2 Å². The minimum absolute atomic E-state index is 0.0732. The first-order valence-corrected chi connectivity index (χ1v) is 7.02. The maximum Gasteiger partial charge on any atom is 0.251 e. The summed E-state index contributed by atoms with van der Waals surface area (Å²) in [5.74, 6) is -0.0732. The Balaban J connectivity index is 2.16. The molecule has 0 aliphatic carbocycles. The Kier molecular flexibility index (Phi) is 3.78. The van der Waals surface area contributed by atoms with E-state index in [1.165, 1.54) is 0 Å². The molecule has 1 aromatic carbocycles. The number of nitrogens with one attached hydrogen (secondary N) is 2. The van der Waals surface area contributed by atoms with E-state index in [0.29, 0.717) is 5.56 Å². The van der Waals surface area contributed by atoms with Crippen LogP contribution in [0.25, 0.3) is 0 Å². The Hall–Kier alpha value is -1.55. The quantitative estimate of drug-likeness (QED) is 0.892. The van der Waals surface area contributed by atoms with Gasteiger partial charge in [0.25, 0.3) is 5.91 Å². The van der Waals surface area contributed by atoms with E-state index in [1.54, 1.807) is 7.05 Å². The van der Waals surface area contributed by atoms with E-state index in [9.17, 15) is 4.79 Å². The molecule has 2 rings (SSSR count). The normalized spacial score (nSPS) is 23.4. The molecule has 0 radical (unpaired) electrons. The molecule has 1 aliphatic rings. The second kappa shape index (κ2) is 5.09. The molecule has 4 nitrogen and oxygen atoms in total. The Morgan fingerprint density at radius 1 is 1.30 bits per heavy atom. The molecule has 110 valence electrons. The summed E-state index contributed by atoms with van der Waals surface area (Å²) < 4.78 is 6.08. The molecule has 0 aromatic heterocycles. The fourth-order valence-electron chi connectivity index (χ4n) is 2.88. The highest BCUT2D eigenvalue weighted by atomic mass is 16.5. The number of carbonyl (C=O) groups excluding carboxylic acids is 1. The second-order valence-corrected chi connectivity index (χ2v) is 6.53. The molecule has 1 aromatic rings. The SMILES string of the molecule is CNC(=O)c1cccc(NC2CC(C)(C)OC2(C)C)c1. The highest BCUT2D eigenvalue weighted by Gasteiger charge is 2.45. The van der Waals surface area contributed by atoms with Crippen LogP contribution < -0.4 is 10.6 Å². The lowest BCUT2D eigenvalue weighted by Crippen LogP contribution is -2.38. The molecular weight excluding hydrogens is 252 g/mol. The molecule has 0 spiro atoms. The molecule has 4 heteroatoms. The molecule has 1 saturated heterocycles. The first-order valence-electron chi connectivity index (χ1n) is 7.02. The number of ether oxygens (including phenoxy) is 1. The summed E-state index contributed by atoms with van der Waals surface area (Å²) in [6.07, 6.45) is 0.935. The lowest BCUT2D eigenvalue weighted by molar-refractivity contribution is -0.0662. The lowest BCUT2D eigenvalue weighted by Gasteiger charge is -2.28. The third-order valence-corrected chi connectivity index (χ3v) is 3.77. The lowest BCUT2D eigenvalue weighted by atomic mass is 9.94. The van der Waals surface area contributed by atoms with Crippen LogP contribution in [-0.2, 0) is 4.74 Å². The van der Waals surface area contributed by atoms with Gasteiger partial charge in [-0.1, -0.05) is 6.07 Å². The van der Waals surface area contributed by atoms with Gasteiger partial charge in [0.1, 0.15) is 0 Å². The van der Waals surface area contributed by atoms with Gasteiger partial charge in [-0.3, -0.25) is 4.79 Å². The maximum absolute atomic E-state index is 11.7. The number of rotatable bonds is 3. The fraction of sp³-hybridized carbons (Fsp3) is 0.562. The van der Waals surface area contributed by atoms with Crippen LogP contribution in [0.15, 0.2) is 24.3 Å². The van der Waals surface area contributed by atoms with Gasteiger partial charge in [-0.25, -0.2) is 0 Å². The number of carbonyl (C=O) groups is 1. The summed E-state index contributed by atoms with van der Waals surface area (Å²) in [4.78, 5) is 11.7. The summed E-state index contributed by atoms with van der Waals surface area (Å²) in [6, 6.07) is 7.77. The first kappa shape index (κ1) is 14.9. The molecule has 2 N–H and O–H groups in total. The average molecular weight is 276 g/mol. The molecule has 0 bridgehead atoms. The van der Waals surface area contributed by atoms with Gasteiger partial charge in [-0.05, 0) is 52.3 Å². The maximum atomic E-state index is 11.7. The molecular formula is C16H24N2O2. The van der Waals surface area contributed by atoms with Crippen LogP contribution in [0.4, 0.5) is 5.69 Å². The molecule has 1 amide bonds. The van der Waals surface area contributed by atoms with Crippen molar-refractivity contribution in [2.75, 3.05) is 12.4 Å². The van der Waals surface area contributed by atoms with E-state index < -0.39 is 0 Å². The molecule has 1 aliphatic heterocycles. The number of hydrogen-bond donors (Lipinski definition) is 2. The van der Waals surface area contributed by atoms with Crippen molar-refractivity contribution in [1.82, 2.24) is 5.32 Å². The molecule has 0 saturated carbocycles. The van der Waals surface area contributed by atoms with Crippen molar-refractivity contribution in [2.45, 2.75) is 51.4 Å². The van der Waals surface area contributed by atoms with Crippen molar-refractivity contribution in [1.29, 1.82) is 0 Å². The van der Waals surface area contributed by atoms with E-state index in [2.05, 4.69) is 38.3 Å². The van der Waals surface area contributed by atoms with Gasteiger partial charge >= 0.3 is 0 Å². The Bertz CT molecular complexity index is 509. The molecule has 1 atom stereocenters. The number of hydrogen-bond acceptors (Lipinski definition) is 3. The molecule has 1 heterocycles. The van der Waals surface area contributed by atoms with E-state index >= 15 is 0 Å². The van der Waals surface area contributed by atoms with Crippen molar-refractivity contribution in [3.8, 4) is 0 Å². The predicted molar refractivity (Wildman–Crippen MR) is 81.1 cm³/mol. The molecule has 1 unspecified atom stereocenters. The summed E-state index contributed by atoms with van der Waals surface area (Å²) in [7, 11) is 1.64. The number of anilines is 1. The number of amides is 1. The van der Waals surface area contributed by atoms with Crippen LogP contribution in [0.3, 0.4) is 0 Å². The fourth-order valence-corrected chi connectivity index (χ4v) is 2.88. The topological polar surface area (TPSA) is 50.4 Å². The van der Waals surface area contributed by atoms with Crippen LogP contribution in [0.5, 0.6) is 0 Å². The van der Waals surface area contributed by atoms with Crippen molar-refractivity contribution >= 4 is 11.6 Å². The smallest absolute Gasteiger partial charge is 0.251 e. The largest absolute Gasteiger partial charge is 0.379 e. The summed E-state index contributed by atoms with van der Waals surface area (Å²) in [6.45, 7) is 8.42. The van der Waals surface area contributed by atoms with Crippen molar-refractivity contribution < 1.29 is 9.53 Å². The zero-order valence-corrected chi connectivity index (χ0v) is 12.9. The minimum Gasteiger partial charge on any atom is -0.379 e. The Labute approximate surface area is 120 Å². The van der Waals surface area contributed by atoms with Gasteiger partial charge in [0.2, 0.25) is 0 Å². The van der Waals surface area contributed by atoms with Gasteiger partial charge in [0, 0.05) is 18.3 Å². The van der Waals surface area contributed by atoms with E-state index in [0.717, 1.165) is 12.1 Å². The van der Waals surface area contributed by atoms with Crippen LogP contribution in [0.2, 0.25) is 0 Å². The van der Waals surface area contributed by atoms with Crippen LogP contribution in [0.1, 0.15) is 44.5 Å². The summed E-state index contributed by atoms with van der Waals surface area (Å²) >= 11 is 0. The zero-order chi connectivity index (χ0) is 15.0. The van der Waals surface area contributed by atoms with E-state index in [4.69, 9.17) is 4.74 Å². The summed E-state index contributed by atoms with van der Waals surface area (Å²) in [5, 5.41) is 6.14. The third-order valence-electron chi connectivity index (χ3n) is 3.77. The van der Waals surface area contributed by atoms with Gasteiger partial charge in [0.15, 0.2) is 0 Å². The zero-order valence-electron chi connectivity index (χ0n) is 12.9. The second-order valence-electron chi connectivity index (χ2n) is 6.53. The Morgan fingerprint density at radius 3 is 2.55 bits per heavy atom. The molecule has 20 heavy (non-hydrogen) atoms. The van der Waals surface area contributed by atoms with Crippen molar-refractivity contribution in [3.05, 3.63) is 29.8 Å². The predicted octanol–water partition coefficient (Wildman–Crippen LogP) is 2.80. The average Bonchev–Trinajstić information content (AvgIpc) is 2.56. The van der Waals surface area contributed by atoms with Crippen LogP contribution >= 0.6 is 0 Å². The van der Waals surface area contributed by atoms with E-state index in [1.807, 2.05) is 24.3 Å². The van der Waals surface area contributed by atoms with Crippen LogP contribution in [0, 0.1) is 0 Å². The number of benzene rings is 1. The monoisotopic (exact) mass is 276 g/mol. The summed E-state index contributed by atoms with van der Waals surface area (Å²) in [5.41, 5.74) is 1.26. The van der Waals surface area contributed by atoms with Gasteiger partial charge in [-0.15, -0.1) is 0 Å². The molecule has 1 fully saturated rings. The standard InChI is InChI=1S/C16H24N2O2/c1-15(2)10-13(16(3,4)20-15)18-12-8-6-7-11(9-12)14(19)17-5/h6-9,13,18H,10H2,1-5H3,(H,17,19). The highest BCUT2D eigenvalue weighted by Crippen LogP contribution is 2.38. The first-order chi connectivity index (χ1) is 9.23. The highest BCUT2D eigenvalue weighted by molar-refractivity contribution is 5.94. The third kappa shape index (κ3) is 3.12. The van der Waals surface area contributed by atoms with Crippen molar-refractivity contribution in [3.63, 3.8) is 0 Å². The Morgan fingerprint density at radius 2 is 2.00 bits per heavy atom. The van der Waals surface area contributed by atoms with Crippen molar-refractivity contribution in [2.24, 2.45) is 0 Å². The van der Waals surface area contributed by atoms with Gasteiger partial charge in [-0.2, -0.15) is 0 Å². The van der Waals surface area contributed by atoms with Gasteiger partial charge < -0.3 is 15.4 Å². The van der Waals surface area contributed by atoms with Crippen LogP contribution in [-0.4, -0.2) is 30.2 Å². The van der Waals surface area contributed by atoms with E-state index in [-0.39, 0.29) is 23.2 Å².